The molecule has 1 aromatic rings. The second kappa shape index (κ2) is 3.89. The van der Waals surface area contributed by atoms with Crippen molar-refractivity contribution in [2.75, 3.05) is 13.2 Å². The van der Waals surface area contributed by atoms with Gasteiger partial charge in [-0.2, -0.15) is 0 Å². The molecule has 1 saturated heterocycles. The molecule has 4 heteroatoms. The van der Waals surface area contributed by atoms with Crippen LogP contribution in [-0.2, 0) is 11.2 Å². The average Bonchev–Trinajstić information content (AvgIpc) is 2.74. The molecule has 0 saturated carbocycles. The van der Waals surface area contributed by atoms with Crippen LogP contribution in [0.5, 0.6) is 0 Å². The van der Waals surface area contributed by atoms with Gasteiger partial charge in [-0.3, -0.25) is 0 Å². The minimum atomic E-state index is -0.325. The fourth-order valence-corrected chi connectivity index (χ4v) is 1.63. The average molecular weight is 182 g/mol. The molecule has 0 aromatic carbocycles. The van der Waals surface area contributed by atoms with Crippen LogP contribution in [0.2, 0.25) is 0 Å². The molecule has 1 fully saturated rings. The van der Waals surface area contributed by atoms with Crippen molar-refractivity contribution in [3.63, 3.8) is 0 Å². The molecular weight excluding hydrogens is 168 g/mol. The van der Waals surface area contributed by atoms with Gasteiger partial charge in [0.25, 0.3) is 0 Å². The number of aromatic amines is 1. The van der Waals surface area contributed by atoms with E-state index in [9.17, 15) is 5.11 Å². The molecule has 1 aromatic heterocycles. The number of aliphatic hydroxyl groups is 1. The molecule has 0 aliphatic carbocycles. The lowest BCUT2D eigenvalue weighted by Crippen LogP contribution is -2.23. The van der Waals surface area contributed by atoms with Gasteiger partial charge in [-0.1, -0.05) is 0 Å². The van der Waals surface area contributed by atoms with Crippen molar-refractivity contribution in [1.29, 1.82) is 0 Å². The Kier molecular flexibility index (Phi) is 2.61. The van der Waals surface area contributed by atoms with Crippen LogP contribution >= 0.6 is 0 Å². The molecule has 2 atom stereocenters. The van der Waals surface area contributed by atoms with Crippen molar-refractivity contribution in [1.82, 2.24) is 9.97 Å². The van der Waals surface area contributed by atoms with Crippen LogP contribution < -0.4 is 0 Å². The summed E-state index contributed by atoms with van der Waals surface area (Å²) in [4.78, 5) is 7.05. The summed E-state index contributed by atoms with van der Waals surface area (Å²) >= 11 is 0. The van der Waals surface area contributed by atoms with Crippen LogP contribution in [-0.4, -0.2) is 34.4 Å². The van der Waals surface area contributed by atoms with Gasteiger partial charge in [0.2, 0.25) is 0 Å². The van der Waals surface area contributed by atoms with Crippen LogP contribution in [0.4, 0.5) is 0 Å². The fourth-order valence-electron chi connectivity index (χ4n) is 1.63. The molecule has 0 radical (unpaired) electrons. The minimum absolute atomic E-state index is 0.282. The summed E-state index contributed by atoms with van der Waals surface area (Å²) in [6.07, 6.45) is 4.71. The van der Waals surface area contributed by atoms with Crippen LogP contribution in [0.25, 0.3) is 0 Å². The number of imidazole rings is 1. The Hall–Kier alpha value is -0.870. The summed E-state index contributed by atoms with van der Waals surface area (Å²) in [5.74, 6) is 1.13. The van der Waals surface area contributed by atoms with E-state index >= 15 is 0 Å². The lowest BCUT2D eigenvalue weighted by Gasteiger charge is -2.14. The molecular formula is C9H14N2O2. The third kappa shape index (κ3) is 2.08. The van der Waals surface area contributed by atoms with Crippen molar-refractivity contribution in [2.45, 2.75) is 18.9 Å². The zero-order valence-corrected chi connectivity index (χ0v) is 7.44. The number of hydrogen-bond acceptors (Lipinski definition) is 3. The second-order valence-electron chi connectivity index (χ2n) is 3.43. The third-order valence-electron chi connectivity index (χ3n) is 2.47. The lowest BCUT2D eigenvalue weighted by molar-refractivity contribution is 0.0905. The quantitative estimate of drug-likeness (QED) is 0.709. The van der Waals surface area contributed by atoms with E-state index in [0.29, 0.717) is 13.0 Å². The van der Waals surface area contributed by atoms with Gasteiger partial charge >= 0.3 is 0 Å². The lowest BCUT2D eigenvalue weighted by atomic mass is 9.99. The highest BCUT2D eigenvalue weighted by atomic mass is 16.5. The van der Waals surface area contributed by atoms with Gasteiger partial charge in [0.1, 0.15) is 5.82 Å². The number of ether oxygens (including phenoxy) is 1. The molecule has 1 aliphatic rings. The molecule has 0 spiro atoms. The number of rotatable bonds is 3. The first-order valence-corrected chi connectivity index (χ1v) is 4.60. The standard InChI is InChI=1S/C9H14N2O2/c12-8(7-1-4-13-6-7)5-9-10-2-3-11-9/h2-3,7-8,12H,1,4-6H2,(H,10,11). The van der Waals surface area contributed by atoms with Gasteiger partial charge in [-0.05, 0) is 6.42 Å². The van der Waals surface area contributed by atoms with E-state index in [2.05, 4.69) is 9.97 Å². The minimum Gasteiger partial charge on any atom is -0.392 e. The van der Waals surface area contributed by atoms with Crippen molar-refractivity contribution in [2.24, 2.45) is 5.92 Å². The zero-order valence-electron chi connectivity index (χ0n) is 7.44. The normalized spacial score (nSPS) is 24.8. The molecule has 13 heavy (non-hydrogen) atoms. The van der Waals surface area contributed by atoms with E-state index in [1.165, 1.54) is 0 Å². The van der Waals surface area contributed by atoms with Gasteiger partial charge in [0.05, 0.1) is 12.7 Å². The highest BCUT2D eigenvalue weighted by Crippen LogP contribution is 2.18. The highest BCUT2D eigenvalue weighted by Gasteiger charge is 2.24. The van der Waals surface area contributed by atoms with Crippen LogP contribution in [0.15, 0.2) is 12.4 Å². The molecule has 2 N–H and O–H groups in total. The van der Waals surface area contributed by atoms with Crippen molar-refractivity contribution in [3.05, 3.63) is 18.2 Å². The molecule has 1 aliphatic heterocycles. The van der Waals surface area contributed by atoms with Crippen molar-refractivity contribution in [3.8, 4) is 0 Å². The first-order chi connectivity index (χ1) is 6.36. The van der Waals surface area contributed by atoms with E-state index in [1.54, 1.807) is 12.4 Å². The molecule has 2 unspecified atom stereocenters. The maximum absolute atomic E-state index is 9.78. The topological polar surface area (TPSA) is 58.1 Å². The van der Waals surface area contributed by atoms with Gasteiger partial charge in [0, 0.05) is 31.3 Å². The van der Waals surface area contributed by atoms with Crippen LogP contribution in [0, 0.1) is 5.92 Å². The Balaban J connectivity index is 1.87. The van der Waals surface area contributed by atoms with Gasteiger partial charge < -0.3 is 14.8 Å². The van der Waals surface area contributed by atoms with E-state index in [0.717, 1.165) is 18.9 Å². The molecule has 0 amide bonds. The van der Waals surface area contributed by atoms with Crippen molar-refractivity contribution < 1.29 is 9.84 Å². The van der Waals surface area contributed by atoms with Gasteiger partial charge in [-0.15, -0.1) is 0 Å². The first kappa shape index (κ1) is 8.72. The Morgan fingerprint density at radius 3 is 3.31 bits per heavy atom. The number of aromatic nitrogens is 2. The zero-order chi connectivity index (χ0) is 9.10. The molecule has 4 nitrogen and oxygen atoms in total. The Bertz CT molecular complexity index is 242. The summed E-state index contributed by atoms with van der Waals surface area (Å²) in [6, 6.07) is 0. The smallest absolute Gasteiger partial charge is 0.108 e. The number of hydrogen-bond donors (Lipinski definition) is 2. The van der Waals surface area contributed by atoms with Crippen LogP contribution in [0.1, 0.15) is 12.2 Å². The SMILES string of the molecule is OC(Cc1ncc[nH]1)C1CCOC1. The number of H-pyrrole nitrogens is 1. The number of aliphatic hydroxyl groups excluding tert-OH is 1. The summed E-state index contributed by atoms with van der Waals surface area (Å²) in [5.41, 5.74) is 0. The maximum atomic E-state index is 9.78. The van der Waals surface area contributed by atoms with Crippen molar-refractivity contribution >= 4 is 0 Å². The molecule has 2 rings (SSSR count). The number of nitrogens with zero attached hydrogens (tertiary/aromatic N) is 1. The van der Waals surface area contributed by atoms with Gasteiger partial charge in [-0.25, -0.2) is 4.98 Å². The highest BCUT2D eigenvalue weighted by molar-refractivity contribution is 4.91. The first-order valence-electron chi connectivity index (χ1n) is 4.60. The van der Waals surface area contributed by atoms with E-state index < -0.39 is 0 Å². The molecule has 0 bridgehead atoms. The van der Waals surface area contributed by atoms with Gasteiger partial charge in [0.15, 0.2) is 0 Å². The van der Waals surface area contributed by atoms with E-state index in [-0.39, 0.29) is 12.0 Å². The Morgan fingerprint density at radius 2 is 2.69 bits per heavy atom. The summed E-state index contributed by atoms with van der Waals surface area (Å²) in [5, 5.41) is 9.78. The summed E-state index contributed by atoms with van der Waals surface area (Å²) in [6.45, 7) is 1.46. The predicted molar refractivity (Wildman–Crippen MR) is 47.2 cm³/mol. The number of nitrogens with one attached hydrogen (secondary N) is 1. The van der Waals surface area contributed by atoms with E-state index in [4.69, 9.17) is 4.74 Å². The Labute approximate surface area is 77.0 Å². The third-order valence-corrected chi connectivity index (χ3v) is 2.47. The van der Waals surface area contributed by atoms with Crippen LogP contribution in [0.3, 0.4) is 0 Å². The fraction of sp³-hybridized carbons (Fsp3) is 0.667. The molecule has 72 valence electrons. The Morgan fingerprint density at radius 1 is 1.77 bits per heavy atom. The second-order valence-corrected chi connectivity index (χ2v) is 3.43. The van der Waals surface area contributed by atoms with E-state index in [1.807, 2.05) is 0 Å². The maximum Gasteiger partial charge on any atom is 0.108 e. The summed E-state index contributed by atoms with van der Waals surface area (Å²) < 4.78 is 5.21. The largest absolute Gasteiger partial charge is 0.392 e. The predicted octanol–water partition coefficient (Wildman–Crippen LogP) is 0.350. The summed E-state index contributed by atoms with van der Waals surface area (Å²) in [7, 11) is 0. The monoisotopic (exact) mass is 182 g/mol. The molecule has 2 heterocycles.